The van der Waals surface area contributed by atoms with Gasteiger partial charge in [-0.3, -0.25) is 9.89 Å². The van der Waals surface area contributed by atoms with Crippen LogP contribution in [-0.2, 0) is 6.54 Å². The fraction of sp³-hybridized carbons (Fsp3) is 0.200. The molecule has 3 N–H and O–H groups in total. The zero-order valence-electron chi connectivity index (χ0n) is 9.59. The Labute approximate surface area is 108 Å². The molecule has 0 saturated carbocycles. The number of anilines is 1. The summed E-state index contributed by atoms with van der Waals surface area (Å²) in [7, 11) is 1.65. The number of nitrogen functional groups attached to an aromatic ring is 1. The molecule has 0 aromatic carbocycles. The molecule has 0 unspecified atom stereocenters. The smallest absolute Gasteiger partial charge is 0.254 e. The number of hydrogen-bond acceptors (Lipinski definition) is 5. The number of pyridine rings is 1. The van der Waals surface area contributed by atoms with Crippen molar-refractivity contribution in [1.82, 2.24) is 25.1 Å². The second-order valence-electron chi connectivity index (χ2n) is 3.70. The number of nitrogens with one attached hydrogen (secondary N) is 1. The molecule has 0 saturated heterocycles. The number of carbonyl (C=O) groups excluding carboxylic acids is 1. The third kappa shape index (κ3) is 2.75. The minimum absolute atomic E-state index is 0.186. The predicted octanol–water partition coefficient (Wildman–Crippen LogP) is 0.707. The Bertz CT molecular complexity index is 535. The van der Waals surface area contributed by atoms with Gasteiger partial charge < -0.3 is 10.6 Å². The number of aromatic nitrogens is 4. The number of rotatable bonds is 3. The maximum atomic E-state index is 12.1. The van der Waals surface area contributed by atoms with Crippen LogP contribution in [0.5, 0.6) is 0 Å². The minimum atomic E-state index is -0.220. The van der Waals surface area contributed by atoms with Gasteiger partial charge in [0.15, 0.2) is 0 Å². The molecule has 2 rings (SSSR count). The molecule has 2 heterocycles. The standard InChI is InChI=1S/C10H11ClN6O/c1-17(4-9-13-5-14-16-9)10(18)6-2-7(11)15-8(12)3-6/h2-3,5H,4H2,1H3,(H2,12,15)(H,13,14,16). The predicted molar refractivity (Wildman–Crippen MR) is 65.8 cm³/mol. The van der Waals surface area contributed by atoms with E-state index in [1.54, 1.807) is 7.05 Å². The molecule has 94 valence electrons. The van der Waals surface area contributed by atoms with Crippen LogP contribution < -0.4 is 5.73 Å². The summed E-state index contributed by atoms with van der Waals surface area (Å²) in [6.07, 6.45) is 1.38. The van der Waals surface area contributed by atoms with Crippen molar-refractivity contribution in [2.24, 2.45) is 0 Å². The normalized spacial score (nSPS) is 10.3. The van der Waals surface area contributed by atoms with E-state index >= 15 is 0 Å². The van der Waals surface area contributed by atoms with Gasteiger partial charge >= 0.3 is 0 Å². The molecule has 7 nitrogen and oxygen atoms in total. The average Bonchev–Trinajstić information content (AvgIpc) is 2.79. The van der Waals surface area contributed by atoms with E-state index < -0.39 is 0 Å². The van der Waals surface area contributed by atoms with Crippen molar-refractivity contribution >= 4 is 23.3 Å². The first-order chi connectivity index (χ1) is 8.56. The van der Waals surface area contributed by atoms with Crippen LogP contribution in [0.4, 0.5) is 5.82 Å². The number of nitrogens with two attached hydrogens (primary N) is 1. The summed E-state index contributed by atoms with van der Waals surface area (Å²) < 4.78 is 0. The summed E-state index contributed by atoms with van der Waals surface area (Å²) in [5.74, 6) is 0.584. The number of H-pyrrole nitrogens is 1. The highest BCUT2D eigenvalue weighted by molar-refractivity contribution is 6.29. The Morgan fingerprint density at radius 2 is 2.33 bits per heavy atom. The van der Waals surface area contributed by atoms with Crippen LogP contribution >= 0.6 is 11.6 Å². The van der Waals surface area contributed by atoms with Gasteiger partial charge in [-0.15, -0.1) is 0 Å². The van der Waals surface area contributed by atoms with Crippen molar-refractivity contribution in [3.05, 3.63) is 35.0 Å². The first-order valence-corrected chi connectivity index (χ1v) is 5.47. The van der Waals surface area contributed by atoms with E-state index in [9.17, 15) is 4.79 Å². The number of halogens is 1. The number of hydrogen-bond donors (Lipinski definition) is 2. The van der Waals surface area contributed by atoms with Crippen LogP contribution in [0.3, 0.4) is 0 Å². The third-order valence-corrected chi connectivity index (χ3v) is 2.45. The Morgan fingerprint density at radius 1 is 1.56 bits per heavy atom. The number of amides is 1. The van der Waals surface area contributed by atoms with Gasteiger partial charge in [0, 0.05) is 12.6 Å². The van der Waals surface area contributed by atoms with Gasteiger partial charge in [0.05, 0.1) is 6.54 Å². The molecule has 2 aromatic rings. The van der Waals surface area contributed by atoms with Gasteiger partial charge in [0.25, 0.3) is 5.91 Å². The van der Waals surface area contributed by atoms with Crippen molar-refractivity contribution in [1.29, 1.82) is 0 Å². The largest absolute Gasteiger partial charge is 0.384 e. The molecule has 1 amide bonds. The minimum Gasteiger partial charge on any atom is -0.384 e. The molecule has 0 radical (unpaired) electrons. The molecule has 0 bridgehead atoms. The van der Waals surface area contributed by atoms with Crippen LogP contribution in [0.2, 0.25) is 5.15 Å². The van der Waals surface area contributed by atoms with Gasteiger partial charge in [0.2, 0.25) is 0 Å². The Kier molecular flexibility index (Phi) is 3.42. The van der Waals surface area contributed by atoms with Crippen molar-refractivity contribution in [3.63, 3.8) is 0 Å². The van der Waals surface area contributed by atoms with Crippen LogP contribution in [-0.4, -0.2) is 38.0 Å². The molecule has 0 atom stereocenters. The second kappa shape index (κ2) is 5.01. The quantitative estimate of drug-likeness (QED) is 0.797. The molecule has 8 heteroatoms. The van der Waals surface area contributed by atoms with E-state index in [0.29, 0.717) is 17.9 Å². The van der Waals surface area contributed by atoms with Crippen molar-refractivity contribution in [2.45, 2.75) is 6.54 Å². The molecule has 0 spiro atoms. The molecule has 2 aromatic heterocycles. The summed E-state index contributed by atoms with van der Waals surface area (Å²) >= 11 is 5.75. The maximum Gasteiger partial charge on any atom is 0.254 e. The third-order valence-electron chi connectivity index (χ3n) is 2.26. The first kappa shape index (κ1) is 12.3. The van der Waals surface area contributed by atoms with E-state index in [0.717, 1.165) is 0 Å². The summed E-state index contributed by atoms with van der Waals surface area (Å²) in [4.78, 5) is 21.3. The zero-order chi connectivity index (χ0) is 13.1. The Hall–Kier alpha value is -2.15. The van der Waals surface area contributed by atoms with Gasteiger partial charge in [-0.05, 0) is 12.1 Å². The summed E-state index contributed by atoms with van der Waals surface area (Å²) in [6.45, 7) is 0.318. The van der Waals surface area contributed by atoms with Crippen molar-refractivity contribution < 1.29 is 4.79 Å². The summed E-state index contributed by atoms with van der Waals surface area (Å²) in [5.41, 5.74) is 5.92. The van der Waals surface area contributed by atoms with Crippen molar-refractivity contribution in [2.75, 3.05) is 12.8 Å². The van der Waals surface area contributed by atoms with E-state index in [4.69, 9.17) is 17.3 Å². The highest BCUT2D eigenvalue weighted by Gasteiger charge is 2.14. The maximum absolute atomic E-state index is 12.1. The molecule has 0 aliphatic rings. The fourth-order valence-corrected chi connectivity index (χ4v) is 1.68. The van der Waals surface area contributed by atoms with Gasteiger partial charge in [-0.2, -0.15) is 5.10 Å². The first-order valence-electron chi connectivity index (χ1n) is 5.09. The van der Waals surface area contributed by atoms with Gasteiger partial charge in [-0.25, -0.2) is 9.97 Å². The molecular weight excluding hydrogens is 256 g/mol. The second-order valence-corrected chi connectivity index (χ2v) is 4.08. The molecule has 0 aliphatic heterocycles. The number of nitrogens with zero attached hydrogens (tertiary/aromatic N) is 4. The molecular formula is C10H11ClN6O. The van der Waals surface area contributed by atoms with Gasteiger partial charge in [-0.1, -0.05) is 11.6 Å². The van der Waals surface area contributed by atoms with E-state index in [1.807, 2.05) is 0 Å². The van der Waals surface area contributed by atoms with Crippen LogP contribution in [0.25, 0.3) is 0 Å². The number of aromatic amines is 1. The summed E-state index contributed by atoms with van der Waals surface area (Å²) in [6, 6.07) is 2.95. The van der Waals surface area contributed by atoms with E-state index in [1.165, 1.54) is 23.4 Å². The highest BCUT2D eigenvalue weighted by Crippen LogP contribution is 2.14. The molecule has 0 aliphatic carbocycles. The van der Waals surface area contributed by atoms with Gasteiger partial charge in [0.1, 0.15) is 23.1 Å². The van der Waals surface area contributed by atoms with Crippen LogP contribution in [0.15, 0.2) is 18.5 Å². The van der Waals surface area contributed by atoms with Crippen molar-refractivity contribution in [3.8, 4) is 0 Å². The lowest BCUT2D eigenvalue weighted by molar-refractivity contribution is 0.0781. The summed E-state index contributed by atoms with van der Waals surface area (Å²) in [5, 5.41) is 6.58. The van der Waals surface area contributed by atoms with E-state index in [2.05, 4.69) is 20.2 Å². The van der Waals surface area contributed by atoms with Crippen LogP contribution in [0, 0.1) is 0 Å². The monoisotopic (exact) mass is 266 g/mol. The lowest BCUT2D eigenvalue weighted by Gasteiger charge is -2.15. The Morgan fingerprint density at radius 3 is 2.94 bits per heavy atom. The molecule has 18 heavy (non-hydrogen) atoms. The fourth-order valence-electron chi connectivity index (χ4n) is 1.46. The molecule has 0 fully saturated rings. The average molecular weight is 267 g/mol. The van der Waals surface area contributed by atoms with E-state index in [-0.39, 0.29) is 16.9 Å². The topological polar surface area (TPSA) is 101 Å². The lowest BCUT2D eigenvalue weighted by atomic mass is 10.2. The zero-order valence-corrected chi connectivity index (χ0v) is 10.3. The SMILES string of the molecule is CN(Cc1ncn[nH]1)C(=O)c1cc(N)nc(Cl)c1. The Balaban J connectivity index is 2.15. The number of carbonyl (C=O) groups is 1. The van der Waals surface area contributed by atoms with Crippen LogP contribution in [0.1, 0.15) is 16.2 Å². The highest BCUT2D eigenvalue weighted by atomic mass is 35.5. The lowest BCUT2D eigenvalue weighted by Crippen LogP contribution is -2.27.